The van der Waals surface area contributed by atoms with Gasteiger partial charge >= 0.3 is 0 Å². The van der Waals surface area contributed by atoms with Gasteiger partial charge in [0.05, 0.1) is 0 Å². The number of ketones is 1. The van der Waals surface area contributed by atoms with Gasteiger partial charge in [0.25, 0.3) is 0 Å². The average molecular weight is 186 g/mol. The lowest BCUT2D eigenvalue weighted by Gasteiger charge is -2.02. The Bertz CT molecular complexity index is 362. The van der Waals surface area contributed by atoms with Crippen LogP contribution in [0.25, 0.3) is 0 Å². The van der Waals surface area contributed by atoms with Crippen LogP contribution in [0.2, 0.25) is 0 Å². The number of carbonyl (C=O) groups is 1. The van der Waals surface area contributed by atoms with Crippen molar-refractivity contribution in [1.29, 1.82) is 0 Å². The number of hydrogen-bond acceptors (Lipinski definition) is 1. The summed E-state index contributed by atoms with van der Waals surface area (Å²) in [5, 5.41) is 0. The van der Waals surface area contributed by atoms with Crippen LogP contribution in [0.15, 0.2) is 18.2 Å². The third kappa shape index (κ3) is 2.74. The summed E-state index contributed by atoms with van der Waals surface area (Å²) in [5.41, 5.74) is 3.01. The largest absolute Gasteiger partial charge is 0.294 e. The van der Waals surface area contributed by atoms with Crippen LogP contribution in [0.5, 0.6) is 0 Å². The van der Waals surface area contributed by atoms with Gasteiger partial charge in [-0.05, 0) is 26.0 Å². The molecule has 0 saturated carbocycles. The number of carbonyl (C=O) groups excluding carboxylic acids is 1. The van der Waals surface area contributed by atoms with Gasteiger partial charge in [0, 0.05) is 18.4 Å². The molecule has 0 N–H and O–H groups in total. The molecule has 0 aliphatic rings. The molecule has 0 atom stereocenters. The summed E-state index contributed by atoms with van der Waals surface area (Å²) in [6.07, 6.45) is 6.08. The van der Waals surface area contributed by atoms with Crippen LogP contribution in [0, 0.1) is 26.2 Å². The van der Waals surface area contributed by atoms with Gasteiger partial charge < -0.3 is 0 Å². The van der Waals surface area contributed by atoms with Crippen LogP contribution in [0.3, 0.4) is 0 Å². The molecule has 0 amide bonds. The minimum atomic E-state index is 0.134. The third-order valence-electron chi connectivity index (χ3n) is 2.04. The number of benzene rings is 1. The summed E-state index contributed by atoms with van der Waals surface area (Å²) in [5.74, 6) is 2.61. The van der Waals surface area contributed by atoms with Gasteiger partial charge in [0.15, 0.2) is 5.78 Å². The summed E-state index contributed by atoms with van der Waals surface area (Å²) in [6.45, 7) is 3.98. The molecule has 0 spiro atoms. The Hall–Kier alpha value is -1.55. The molecular weight excluding hydrogens is 172 g/mol. The SMILES string of the molecule is C#CCCC(=O)c1cc(C)cc(C)c1. The van der Waals surface area contributed by atoms with Gasteiger partial charge in [-0.15, -0.1) is 12.3 Å². The first-order chi connectivity index (χ1) is 6.63. The van der Waals surface area contributed by atoms with Gasteiger partial charge in [-0.25, -0.2) is 0 Å². The molecule has 1 aromatic rings. The van der Waals surface area contributed by atoms with Gasteiger partial charge in [-0.3, -0.25) is 4.79 Å². The monoisotopic (exact) mass is 186 g/mol. The van der Waals surface area contributed by atoms with Gasteiger partial charge in [-0.1, -0.05) is 17.2 Å². The maximum Gasteiger partial charge on any atom is 0.163 e. The second-order valence-electron chi connectivity index (χ2n) is 3.50. The van der Waals surface area contributed by atoms with E-state index in [1.165, 1.54) is 0 Å². The zero-order chi connectivity index (χ0) is 10.6. The van der Waals surface area contributed by atoms with E-state index in [1.54, 1.807) is 0 Å². The highest BCUT2D eigenvalue weighted by atomic mass is 16.1. The number of aryl methyl sites for hydroxylation is 2. The molecular formula is C13H14O. The molecule has 0 saturated heterocycles. The fraction of sp³-hybridized carbons (Fsp3) is 0.308. The molecule has 1 heteroatoms. The normalized spacial score (nSPS) is 9.50. The van der Waals surface area contributed by atoms with Crippen LogP contribution in [-0.4, -0.2) is 5.78 Å². The van der Waals surface area contributed by atoms with E-state index < -0.39 is 0 Å². The Kier molecular flexibility index (Phi) is 3.48. The first-order valence-corrected chi connectivity index (χ1v) is 4.68. The van der Waals surface area contributed by atoms with Crippen molar-refractivity contribution < 1.29 is 4.79 Å². The van der Waals surface area contributed by atoms with Crippen molar-refractivity contribution in [3.05, 3.63) is 34.9 Å². The van der Waals surface area contributed by atoms with E-state index in [9.17, 15) is 4.79 Å². The minimum Gasteiger partial charge on any atom is -0.294 e. The Labute approximate surface area is 85.1 Å². The highest BCUT2D eigenvalue weighted by Gasteiger charge is 2.05. The second-order valence-corrected chi connectivity index (χ2v) is 3.50. The van der Waals surface area contributed by atoms with Crippen molar-refractivity contribution in [2.45, 2.75) is 26.7 Å². The molecule has 72 valence electrons. The van der Waals surface area contributed by atoms with E-state index in [4.69, 9.17) is 6.42 Å². The summed E-state index contributed by atoms with van der Waals surface area (Å²) >= 11 is 0. The van der Waals surface area contributed by atoms with E-state index in [1.807, 2.05) is 26.0 Å². The smallest absolute Gasteiger partial charge is 0.163 e. The molecule has 0 radical (unpaired) electrons. The van der Waals surface area contributed by atoms with Crippen molar-refractivity contribution in [3.63, 3.8) is 0 Å². The van der Waals surface area contributed by atoms with E-state index >= 15 is 0 Å². The number of hydrogen-bond donors (Lipinski definition) is 0. The van der Waals surface area contributed by atoms with Crippen LogP contribution >= 0.6 is 0 Å². The number of terminal acetylenes is 1. The lowest BCUT2D eigenvalue weighted by molar-refractivity contribution is 0.0984. The summed E-state index contributed by atoms with van der Waals surface area (Å²) < 4.78 is 0. The maximum absolute atomic E-state index is 11.6. The standard InChI is InChI=1S/C13H14O/c1-4-5-6-13(14)12-8-10(2)7-11(3)9-12/h1,7-9H,5-6H2,2-3H3. The Balaban J connectivity index is 2.85. The molecule has 0 aliphatic heterocycles. The summed E-state index contributed by atoms with van der Waals surface area (Å²) in [4.78, 5) is 11.6. The van der Waals surface area contributed by atoms with Crippen LogP contribution in [-0.2, 0) is 0 Å². The number of Topliss-reactive ketones (excluding diaryl/α,β-unsaturated/α-hetero) is 1. The average Bonchev–Trinajstić information content (AvgIpc) is 2.12. The Morgan fingerprint density at radius 2 is 1.86 bits per heavy atom. The molecule has 0 aromatic heterocycles. The van der Waals surface area contributed by atoms with E-state index in [0.29, 0.717) is 12.8 Å². The molecule has 1 nitrogen and oxygen atoms in total. The molecule has 0 heterocycles. The lowest BCUT2D eigenvalue weighted by atomic mass is 10.0. The minimum absolute atomic E-state index is 0.134. The molecule has 1 aromatic carbocycles. The molecule has 0 bridgehead atoms. The highest BCUT2D eigenvalue weighted by molar-refractivity contribution is 5.96. The quantitative estimate of drug-likeness (QED) is 0.524. The molecule has 0 unspecified atom stereocenters. The van der Waals surface area contributed by atoms with Crippen molar-refractivity contribution in [3.8, 4) is 12.3 Å². The highest BCUT2D eigenvalue weighted by Crippen LogP contribution is 2.11. The van der Waals surface area contributed by atoms with Crippen molar-refractivity contribution in [2.24, 2.45) is 0 Å². The Morgan fingerprint density at radius 3 is 2.36 bits per heavy atom. The maximum atomic E-state index is 11.6. The fourth-order valence-electron chi connectivity index (χ4n) is 1.47. The third-order valence-corrected chi connectivity index (χ3v) is 2.04. The first kappa shape index (κ1) is 10.5. The zero-order valence-electron chi connectivity index (χ0n) is 8.63. The zero-order valence-corrected chi connectivity index (χ0v) is 8.63. The molecule has 14 heavy (non-hydrogen) atoms. The van der Waals surface area contributed by atoms with Gasteiger partial charge in [0.2, 0.25) is 0 Å². The van der Waals surface area contributed by atoms with Crippen molar-refractivity contribution in [2.75, 3.05) is 0 Å². The second kappa shape index (κ2) is 4.62. The van der Waals surface area contributed by atoms with Gasteiger partial charge in [-0.2, -0.15) is 0 Å². The number of rotatable bonds is 3. The van der Waals surface area contributed by atoms with Crippen molar-refractivity contribution in [1.82, 2.24) is 0 Å². The molecule has 0 aliphatic carbocycles. The van der Waals surface area contributed by atoms with E-state index in [0.717, 1.165) is 16.7 Å². The summed E-state index contributed by atoms with van der Waals surface area (Å²) in [7, 11) is 0. The molecule has 1 rings (SSSR count). The van der Waals surface area contributed by atoms with E-state index in [-0.39, 0.29) is 5.78 Å². The van der Waals surface area contributed by atoms with Gasteiger partial charge in [0.1, 0.15) is 0 Å². The van der Waals surface area contributed by atoms with Crippen LogP contribution in [0.4, 0.5) is 0 Å². The Morgan fingerprint density at radius 1 is 1.29 bits per heavy atom. The first-order valence-electron chi connectivity index (χ1n) is 4.68. The predicted octanol–water partition coefficient (Wildman–Crippen LogP) is 2.90. The van der Waals surface area contributed by atoms with Crippen molar-refractivity contribution >= 4 is 5.78 Å². The topological polar surface area (TPSA) is 17.1 Å². The van der Waals surface area contributed by atoms with Crippen LogP contribution < -0.4 is 0 Å². The fourth-order valence-corrected chi connectivity index (χ4v) is 1.47. The van der Waals surface area contributed by atoms with E-state index in [2.05, 4.69) is 12.0 Å². The lowest BCUT2D eigenvalue weighted by Crippen LogP contribution is -1.99. The molecule has 0 fully saturated rings. The summed E-state index contributed by atoms with van der Waals surface area (Å²) in [6, 6.07) is 5.87. The van der Waals surface area contributed by atoms with Crippen LogP contribution in [0.1, 0.15) is 34.3 Å². The predicted molar refractivity (Wildman–Crippen MR) is 58.3 cm³/mol.